The van der Waals surface area contributed by atoms with Crippen molar-refractivity contribution >= 4 is 16.7 Å². The Morgan fingerprint density at radius 2 is 1.68 bits per heavy atom. The summed E-state index contributed by atoms with van der Waals surface area (Å²) in [4.78, 5) is 11.9. The number of rotatable bonds is 7. The number of nitrogens with one attached hydrogen (secondary N) is 1. The fourth-order valence-corrected chi connectivity index (χ4v) is 2.51. The highest BCUT2D eigenvalue weighted by Crippen LogP contribution is 2.24. The molecule has 0 saturated heterocycles. The predicted molar refractivity (Wildman–Crippen MR) is 99.1 cm³/mol. The van der Waals surface area contributed by atoms with Gasteiger partial charge in [0, 0.05) is 5.39 Å². The minimum Gasteiger partial charge on any atom is -0.492 e. The Hall–Kier alpha value is -3.01. The van der Waals surface area contributed by atoms with Crippen molar-refractivity contribution in [3.8, 4) is 11.5 Å². The number of carbonyl (C=O) groups is 1. The van der Waals surface area contributed by atoms with E-state index < -0.39 is 0 Å². The van der Waals surface area contributed by atoms with Crippen molar-refractivity contribution in [3.63, 3.8) is 0 Å². The molecule has 3 aromatic rings. The molecule has 4 nitrogen and oxygen atoms in total. The fourth-order valence-electron chi connectivity index (χ4n) is 2.51. The minimum absolute atomic E-state index is 0.0153. The van der Waals surface area contributed by atoms with Crippen LogP contribution in [0.15, 0.2) is 66.7 Å². The van der Waals surface area contributed by atoms with Gasteiger partial charge in [0.25, 0.3) is 5.91 Å². The number of fused-ring (bicyclic) bond motifs is 1. The minimum atomic E-state index is -0.166. The van der Waals surface area contributed by atoms with Gasteiger partial charge in [-0.3, -0.25) is 4.79 Å². The molecule has 0 fully saturated rings. The van der Waals surface area contributed by atoms with Crippen LogP contribution < -0.4 is 14.8 Å². The van der Waals surface area contributed by atoms with Crippen molar-refractivity contribution in [1.29, 1.82) is 0 Å². The summed E-state index contributed by atoms with van der Waals surface area (Å²) in [6, 6.07) is 21.6. The second-order valence-corrected chi connectivity index (χ2v) is 5.78. The average molecular weight is 335 g/mol. The summed E-state index contributed by atoms with van der Waals surface area (Å²) in [6.45, 7) is 2.87. The largest absolute Gasteiger partial charge is 0.492 e. The van der Waals surface area contributed by atoms with E-state index in [9.17, 15) is 4.79 Å². The van der Waals surface area contributed by atoms with E-state index in [-0.39, 0.29) is 12.5 Å². The maximum absolute atomic E-state index is 11.9. The number of aryl methyl sites for hydroxylation is 1. The second kappa shape index (κ2) is 8.20. The van der Waals surface area contributed by atoms with Gasteiger partial charge in [-0.15, -0.1) is 0 Å². The Bertz CT molecular complexity index is 838. The number of hydrogen-bond donors (Lipinski definition) is 1. The van der Waals surface area contributed by atoms with Gasteiger partial charge in [-0.2, -0.15) is 0 Å². The van der Waals surface area contributed by atoms with Crippen LogP contribution in [0.1, 0.15) is 5.56 Å². The molecule has 0 spiro atoms. The van der Waals surface area contributed by atoms with E-state index in [0.717, 1.165) is 16.5 Å². The monoisotopic (exact) mass is 335 g/mol. The van der Waals surface area contributed by atoms with Crippen LogP contribution in [0.25, 0.3) is 10.8 Å². The van der Waals surface area contributed by atoms with Crippen molar-refractivity contribution < 1.29 is 14.3 Å². The van der Waals surface area contributed by atoms with Crippen LogP contribution in [-0.2, 0) is 4.79 Å². The maximum Gasteiger partial charge on any atom is 0.258 e. The maximum atomic E-state index is 11.9. The smallest absolute Gasteiger partial charge is 0.258 e. The summed E-state index contributed by atoms with van der Waals surface area (Å²) < 4.78 is 11.2. The number of hydrogen-bond acceptors (Lipinski definition) is 3. The molecule has 0 atom stereocenters. The Kier molecular flexibility index (Phi) is 5.52. The highest BCUT2D eigenvalue weighted by Gasteiger charge is 2.05. The van der Waals surface area contributed by atoms with Crippen LogP contribution >= 0.6 is 0 Å². The first kappa shape index (κ1) is 16.8. The van der Waals surface area contributed by atoms with Gasteiger partial charge >= 0.3 is 0 Å². The third-order valence-electron chi connectivity index (χ3n) is 3.82. The summed E-state index contributed by atoms with van der Waals surface area (Å²) in [6.07, 6.45) is 0. The molecule has 25 heavy (non-hydrogen) atoms. The van der Waals surface area contributed by atoms with Crippen molar-refractivity contribution in [3.05, 3.63) is 72.3 Å². The zero-order valence-electron chi connectivity index (χ0n) is 14.2. The van der Waals surface area contributed by atoms with Crippen LogP contribution in [0.2, 0.25) is 0 Å². The summed E-state index contributed by atoms with van der Waals surface area (Å²) >= 11 is 0. The van der Waals surface area contributed by atoms with Gasteiger partial charge in [-0.05, 0) is 30.5 Å². The zero-order valence-corrected chi connectivity index (χ0v) is 14.2. The van der Waals surface area contributed by atoms with Gasteiger partial charge < -0.3 is 14.8 Å². The molecule has 0 heterocycles. The van der Waals surface area contributed by atoms with Crippen molar-refractivity contribution in [2.24, 2.45) is 0 Å². The van der Waals surface area contributed by atoms with E-state index in [1.165, 1.54) is 5.56 Å². The van der Waals surface area contributed by atoms with Gasteiger partial charge in [-0.1, -0.05) is 54.1 Å². The predicted octanol–water partition coefficient (Wildman–Crippen LogP) is 3.72. The van der Waals surface area contributed by atoms with Gasteiger partial charge in [0.1, 0.15) is 18.1 Å². The molecule has 1 N–H and O–H groups in total. The first-order chi connectivity index (χ1) is 12.2. The first-order valence-corrected chi connectivity index (χ1v) is 8.29. The lowest BCUT2D eigenvalue weighted by molar-refractivity contribution is -0.123. The molecule has 0 bridgehead atoms. The van der Waals surface area contributed by atoms with E-state index in [1.807, 2.05) is 73.7 Å². The van der Waals surface area contributed by atoms with Gasteiger partial charge in [0.2, 0.25) is 0 Å². The molecule has 0 aromatic heterocycles. The lowest BCUT2D eigenvalue weighted by Crippen LogP contribution is -2.32. The molecular weight excluding hydrogens is 314 g/mol. The highest BCUT2D eigenvalue weighted by molar-refractivity contribution is 5.88. The molecule has 4 heteroatoms. The van der Waals surface area contributed by atoms with Crippen LogP contribution in [-0.4, -0.2) is 25.7 Å². The quantitative estimate of drug-likeness (QED) is 0.669. The lowest BCUT2D eigenvalue weighted by atomic mass is 10.1. The number of carbonyl (C=O) groups excluding carboxylic acids is 1. The molecule has 0 radical (unpaired) electrons. The Morgan fingerprint density at radius 3 is 2.52 bits per heavy atom. The second-order valence-electron chi connectivity index (χ2n) is 5.78. The zero-order chi connectivity index (χ0) is 17.5. The first-order valence-electron chi connectivity index (χ1n) is 8.29. The molecular formula is C21H21NO3. The number of amides is 1. The molecule has 0 unspecified atom stereocenters. The Morgan fingerprint density at radius 1 is 0.920 bits per heavy atom. The highest BCUT2D eigenvalue weighted by atomic mass is 16.5. The molecule has 0 aliphatic carbocycles. The topological polar surface area (TPSA) is 47.6 Å². The lowest BCUT2D eigenvalue weighted by Gasteiger charge is -2.10. The molecule has 0 aliphatic heterocycles. The van der Waals surface area contributed by atoms with Crippen LogP contribution in [0.5, 0.6) is 11.5 Å². The van der Waals surface area contributed by atoms with Gasteiger partial charge in [0.15, 0.2) is 6.61 Å². The summed E-state index contributed by atoms with van der Waals surface area (Å²) in [5.41, 5.74) is 1.19. The molecule has 3 aromatic carbocycles. The van der Waals surface area contributed by atoms with Gasteiger partial charge in [-0.25, -0.2) is 0 Å². The Labute approximate surface area is 147 Å². The molecule has 1 amide bonds. The Balaban J connectivity index is 1.42. The van der Waals surface area contributed by atoms with E-state index in [4.69, 9.17) is 9.47 Å². The summed E-state index contributed by atoms with van der Waals surface area (Å²) in [5.74, 6) is 1.34. The van der Waals surface area contributed by atoms with Crippen molar-refractivity contribution in [2.45, 2.75) is 6.92 Å². The van der Waals surface area contributed by atoms with Crippen molar-refractivity contribution in [1.82, 2.24) is 5.32 Å². The van der Waals surface area contributed by atoms with Crippen LogP contribution in [0.3, 0.4) is 0 Å². The molecule has 128 valence electrons. The molecule has 0 saturated carbocycles. The summed E-state index contributed by atoms with van der Waals surface area (Å²) in [5, 5.41) is 4.88. The van der Waals surface area contributed by atoms with E-state index in [0.29, 0.717) is 18.9 Å². The molecule has 3 rings (SSSR count). The van der Waals surface area contributed by atoms with Crippen LogP contribution in [0, 0.1) is 6.92 Å². The number of ether oxygens (including phenoxy) is 2. The standard InChI is InChI=1S/C21H21NO3/c1-16-9-11-18(12-10-16)24-14-13-22-21(23)15-25-20-8-4-6-17-5-2-3-7-19(17)20/h2-12H,13-15H2,1H3,(H,22,23). The normalized spacial score (nSPS) is 10.4. The van der Waals surface area contributed by atoms with E-state index >= 15 is 0 Å². The average Bonchev–Trinajstić information content (AvgIpc) is 2.65. The third-order valence-corrected chi connectivity index (χ3v) is 3.82. The van der Waals surface area contributed by atoms with E-state index in [2.05, 4.69) is 5.32 Å². The van der Waals surface area contributed by atoms with E-state index in [1.54, 1.807) is 0 Å². The third kappa shape index (κ3) is 4.73. The SMILES string of the molecule is Cc1ccc(OCCNC(=O)COc2cccc3ccccc23)cc1. The van der Waals surface area contributed by atoms with Gasteiger partial charge in [0.05, 0.1) is 6.54 Å². The van der Waals surface area contributed by atoms with Crippen molar-refractivity contribution in [2.75, 3.05) is 19.8 Å². The fraction of sp³-hybridized carbons (Fsp3) is 0.190. The number of benzene rings is 3. The summed E-state index contributed by atoms with van der Waals surface area (Å²) in [7, 11) is 0. The molecule has 0 aliphatic rings. The van der Waals surface area contributed by atoms with Crippen LogP contribution in [0.4, 0.5) is 0 Å².